The minimum atomic E-state index is -4.94. The highest BCUT2D eigenvalue weighted by Crippen LogP contribution is 2.45. The summed E-state index contributed by atoms with van der Waals surface area (Å²) < 4.78 is 67.9. The van der Waals surface area contributed by atoms with Gasteiger partial charge in [-0.1, -0.05) is 248 Å². The Morgan fingerprint density at radius 2 is 0.585 bits per heavy atom. The third-order valence-corrected chi connectivity index (χ3v) is 16.9. The maximum atomic E-state index is 13.0. The van der Waals surface area contributed by atoms with Crippen LogP contribution >= 0.6 is 15.6 Å². The molecule has 0 aliphatic rings. The Hall–Kier alpha value is -1.94. The molecule has 5 unspecified atom stereocenters. The summed E-state index contributed by atoms with van der Waals surface area (Å²) in [6.45, 7) is 13.9. The van der Waals surface area contributed by atoms with Crippen molar-refractivity contribution in [1.82, 2.24) is 0 Å². The number of carbonyl (C=O) groups excluding carboxylic acids is 4. The molecule has 0 aromatic heterocycles. The zero-order valence-electron chi connectivity index (χ0n) is 53.1. The maximum absolute atomic E-state index is 13.0. The van der Waals surface area contributed by atoms with Crippen molar-refractivity contribution in [3.05, 3.63) is 0 Å². The highest BCUT2D eigenvalue weighted by Gasteiger charge is 2.30. The van der Waals surface area contributed by atoms with E-state index in [9.17, 15) is 43.2 Å². The van der Waals surface area contributed by atoms with Crippen molar-refractivity contribution in [1.29, 1.82) is 0 Å². The number of phosphoric acid groups is 2. The van der Waals surface area contributed by atoms with E-state index in [1.807, 2.05) is 0 Å². The van der Waals surface area contributed by atoms with Crippen LogP contribution in [0.5, 0.6) is 0 Å². The van der Waals surface area contributed by atoms with Crippen LogP contribution in [0, 0.1) is 23.7 Å². The van der Waals surface area contributed by atoms with Gasteiger partial charge < -0.3 is 33.8 Å². The molecule has 0 aliphatic heterocycles. The van der Waals surface area contributed by atoms with Crippen molar-refractivity contribution in [2.75, 3.05) is 39.6 Å². The Kier molecular flexibility index (Phi) is 52.0. The summed E-state index contributed by atoms with van der Waals surface area (Å²) >= 11 is 0. The lowest BCUT2D eigenvalue weighted by molar-refractivity contribution is -0.161. The van der Waals surface area contributed by atoms with Gasteiger partial charge in [0.05, 0.1) is 26.4 Å². The van der Waals surface area contributed by atoms with Crippen LogP contribution in [0.4, 0.5) is 0 Å². The summed E-state index contributed by atoms with van der Waals surface area (Å²) in [5, 5.41) is 10.5. The number of esters is 4. The van der Waals surface area contributed by atoms with Crippen molar-refractivity contribution in [2.24, 2.45) is 23.7 Å². The summed E-state index contributed by atoms with van der Waals surface area (Å²) in [4.78, 5) is 72.1. The highest BCUT2D eigenvalue weighted by molar-refractivity contribution is 7.47. The fraction of sp³-hybridized carbons (Fsp3) is 0.937. The standard InChI is InChI=1S/C63H122O17P2/c1-9-55(7)41-33-25-16-12-14-18-29-37-45-62(67)79-58(50-74-61(66)44-36-28-21-19-24-32-40-54(5)6)51-77-81(69,70)75-47-57(64)48-76-82(71,72)78-52-59(80-63(68)46-38-30-22-20-26-34-42-56(8)10-2)49-73-60(65)43-35-27-17-13-11-15-23-31-39-53(3)4/h53-59,64H,9-52H2,1-8H3,(H,69,70)(H,71,72)/t55?,56?,57?,58-,59-/m1/s1. The number of aliphatic hydroxyl groups excluding tert-OH is 1. The van der Waals surface area contributed by atoms with Crippen LogP contribution in [0.25, 0.3) is 0 Å². The van der Waals surface area contributed by atoms with Gasteiger partial charge in [-0.3, -0.25) is 37.3 Å². The average Bonchev–Trinajstić information content (AvgIpc) is 3.45. The van der Waals surface area contributed by atoms with Gasteiger partial charge in [0, 0.05) is 25.7 Å². The topological polar surface area (TPSA) is 237 Å². The normalized spacial score (nSPS) is 15.1. The van der Waals surface area contributed by atoms with Crippen LogP contribution in [-0.2, 0) is 65.4 Å². The van der Waals surface area contributed by atoms with Crippen LogP contribution in [0.1, 0.15) is 299 Å². The number of rotatable bonds is 60. The molecule has 19 heteroatoms. The molecule has 0 aromatic rings. The molecule has 3 N–H and O–H groups in total. The largest absolute Gasteiger partial charge is 0.472 e. The molecule has 486 valence electrons. The maximum Gasteiger partial charge on any atom is 0.472 e. The molecule has 0 bridgehead atoms. The lowest BCUT2D eigenvalue weighted by Gasteiger charge is -2.21. The van der Waals surface area contributed by atoms with Gasteiger partial charge in [0.25, 0.3) is 0 Å². The summed E-state index contributed by atoms with van der Waals surface area (Å²) in [5.41, 5.74) is 0. The van der Waals surface area contributed by atoms with Crippen LogP contribution in [-0.4, -0.2) is 96.7 Å². The quantitative estimate of drug-likeness (QED) is 0.0222. The minimum absolute atomic E-state index is 0.102. The SMILES string of the molecule is CCC(C)CCCCCCCCCCC(=O)O[C@H](COC(=O)CCCCCCCCC(C)C)COP(=O)(O)OCC(O)COP(=O)(O)OC[C@@H](COC(=O)CCCCCCCCCCC(C)C)OC(=O)CCCCCCCCC(C)CC. The molecule has 17 nitrogen and oxygen atoms in total. The van der Waals surface area contributed by atoms with E-state index in [4.69, 9.17) is 37.0 Å². The number of phosphoric ester groups is 2. The van der Waals surface area contributed by atoms with Gasteiger partial charge in [0.15, 0.2) is 12.2 Å². The van der Waals surface area contributed by atoms with Crippen LogP contribution in [0.15, 0.2) is 0 Å². The number of ether oxygens (including phenoxy) is 4. The number of unbranched alkanes of at least 4 members (excludes halogenated alkanes) is 24. The van der Waals surface area contributed by atoms with Gasteiger partial charge in [-0.25, -0.2) is 9.13 Å². The Labute approximate surface area is 498 Å². The second-order valence-corrected chi connectivity index (χ2v) is 27.1. The molecular formula is C63H122O17P2. The minimum Gasteiger partial charge on any atom is -0.462 e. The molecule has 0 aliphatic carbocycles. The first-order valence-corrected chi connectivity index (χ1v) is 35.8. The molecule has 0 aromatic carbocycles. The molecule has 82 heavy (non-hydrogen) atoms. The van der Waals surface area contributed by atoms with E-state index in [-0.39, 0.29) is 25.7 Å². The Morgan fingerprint density at radius 3 is 0.866 bits per heavy atom. The van der Waals surface area contributed by atoms with Crippen molar-refractivity contribution in [3.63, 3.8) is 0 Å². The first-order valence-electron chi connectivity index (χ1n) is 32.8. The second-order valence-electron chi connectivity index (χ2n) is 24.2. The molecule has 7 atom stereocenters. The molecule has 0 radical (unpaired) electrons. The average molecular weight is 1210 g/mol. The molecule has 0 saturated heterocycles. The third-order valence-electron chi connectivity index (χ3n) is 15.0. The lowest BCUT2D eigenvalue weighted by Crippen LogP contribution is -2.30. The number of hydrogen-bond acceptors (Lipinski definition) is 15. The first kappa shape index (κ1) is 80.1. The Bertz CT molecular complexity index is 1650. The van der Waals surface area contributed by atoms with Crippen LogP contribution in [0.3, 0.4) is 0 Å². The number of hydrogen-bond donors (Lipinski definition) is 3. The van der Waals surface area contributed by atoms with E-state index in [0.29, 0.717) is 31.6 Å². The predicted molar refractivity (Wildman–Crippen MR) is 326 cm³/mol. The summed E-state index contributed by atoms with van der Waals surface area (Å²) in [6, 6.07) is 0. The van der Waals surface area contributed by atoms with Gasteiger partial charge in [-0.05, 0) is 49.4 Å². The van der Waals surface area contributed by atoms with Crippen molar-refractivity contribution in [3.8, 4) is 0 Å². The molecule has 0 fully saturated rings. The van der Waals surface area contributed by atoms with Crippen LogP contribution < -0.4 is 0 Å². The third kappa shape index (κ3) is 54.7. The van der Waals surface area contributed by atoms with E-state index < -0.39 is 97.5 Å². The van der Waals surface area contributed by atoms with Gasteiger partial charge in [0.2, 0.25) is 0 Å². The van der Waals surface area contributed by atoms with Crippen molar-refractivity contribution >= 4 is 39.5 Å². The molecule has 0 saturated carbocycles. The zero-order valence-corrected chi connectivity index (χ0v) is 54.9. The zero-order chi connectivity index (χ0) is 61.1. The molecule has 0 rings (SSSR count). The Morgan fingerprint density at radius 1 is 0.341 bits per heavy atom. The molecule has 0 heterocycles. The second kappa shape index (κ2) is 53.3. The van der Waals surface area contributed by atoms with Crippen molar-refractivity contribution < 1.29 is 80.2 Å². The summed E-state index contributed by atoms with van der Waals surface area (Å²) in [5.74, 6) is 0.750. The van der Waals surface area contributed by atoms with Gasteiger partial charge in [0.1, 0.15) is 19.3 Å². The van der Waals surface area contributed by atoms with E-state index in [2.05, 4.69) is 55.4 Å². The van der Waals surface area contributed by atoms with Gasteiger partial charge in [-0.2, -0.15) is 0 Å². The molecule has 0 amide bonds. The van der Waals surface area contributed by atoms with Crippen molar-refractivity contribution in [2.45, 2.75) is 318 Å². The molecular weight excluding hydrogens is 1090 g/mol. The van der Waals surface area contributed by atoms with E-state index in [1.54, 1.807) is 0 Å². The fourth-order valence-corrected chi connectivity index (χ4v) is 10.8. The Balaban J connectivity index is 5.26. The first-order chi connectivity index (χ1) is 39.2. The molecule has 0 spiro atoms. The summed E-state index contributed by atoms with van der Waals surface area (Å²) in [7, 11) is -9.89. The monoisotopic (exact) mass is 1210 g/mol. The van der Waals surface area contributed by atoms with E-state index in [1.165, 1.54) is 96.3 Å². The predicted octanol–water partition coefficient (Wildman–Crippen LogP) is 17.0. The van der Waals surface area contributed by atoms with Gasteiger partial charge in [-0.15, -0.1) is 0 Å². The fourth-order valence-electron chi connectivity index (χ4n) is 9.19. The van der Waals surface area contributed by atoms with Crippen LogP contribution in [0.2, 0.25) is 0 Å². The number of aliphatic hydroxyl groups is 1. The summed E-state index contributed by atoms with van der Waals surface area (Å²) in [6.07, 6.45) is 32.3. The van der Waals surface area contributed by atoms with Gasteiger partial charge >= 0.3 is 39.5 Å². The van der Waals surface area contributed by atoms with E-state index >= 15 is 0 Å². The lowest BCUT2D eigenvalue weighted by atomic mass is 9.99. The highest BCUT2D eigenvalue weighted by atomic mass is 31.2. The number of carbonyl (C=O) groups is 4. The smallest absolute Gasteiger partial charge is 0.462 e. The van der Waals surface area contributed by atoms with E-state index in [0.717, 1.165) is 114 Å².